The SMILES string of the molecule is CCCCCN1CCC(=NOP(=O)(O)O)c2ccccc21. The number of benzene rings is 1. The van der Waals surface area contributed by atoms with Gasteiger partial charge in [-0.3, -0.25) is 14.4 Å². The van der Waals surface area contributed by atoms with Crippen LogP contribution in [-0.2, 0) is 9.19 Å². The molecule has 0 aromatic heterocycles. The van der Waals surface area contributed by atoms with Crippen molar-refractivity contribution in [2.24, 2.45) is 5.16 Å². The number of phosphoric acid groups is 1. The van der Waals surface area contributed by atoms with E-state index in [0.29, 0.717) is 12.1 Å². The molecule has 1 aromatic carbocycles. The van der Waals surface area contributed by atoms with Crippen LogP contribution in [-0.4, -0.2) is 28.6 Å². The molecule has 0 saturated carbocycles. The smallest absolute Gasteiger partial charge is 0.371 e. The van der Waals surface area contributed by atoms with Gasteiger partial charge in [0.1, 0.15) is 0 Å². The molecule has 1 heterocycles. The van der Waals surface area contributed by atoms with Crippen LogP contribution in [0.4, 0.5) is 5.69 Å². The van der Waals surface area contributed by atoms with Gasteiger partial charge in [-0.15, -0.1) is 0 Å². The molecule has 7 heteroatoms. The van der Waals surface area contributed by atoms with Crippen molar-refractivity contribution in [3.8, 4) is 0 Å². The largest absolute Gasteiger partial charge is 0.545 e. The van der Waals surface area contributed by atoms with Gasteiger partial charge >= 0.3 is 7.82 Å². The first kappa shape index (κ1) is 16.0. The van der Waals surface area contributed by atoms with Crippen molar-refractivity contribution in [3.63, 3.8) is 0 Å². The fourth-order valence-corrected chi connectivity index (χ4v) is 2.68. The molecule has 0 atom stereocenters. The van der Waals surface area contributed by atoms with Gasteiger partial charge in [-0.2, -0.15) is 0 Å². The van der Waals surface area contributed by atoms with Crippen LogP contribution in [0.25, 0.3) is 0 Å². The summed E-state index contributed by atoms with van der Waals surface area (Å²) in [5.74, 6) is 0. The van der Waals surface area contributed by atoms with Gasteiger partial charge in [-0.05, 0) is 12.5 Å². The van der Waals surface area contributed by atoms with E-state index in [1.165, 1.54) is 12.8 Å². The van der Waals surface area contributed by atoms with Crippen molar-refractivity contribution >= 4 is 19.2 Å². The van der Waals surface area contributed by atoms with Gasteiger partial charge in [-0.25, -0.2) is 4.57 Å². The van der Waals surface area contributed by atoms with E-state index in [9.17, 15) is 4.57 Å². The van der Waals surface area contributed by atoms with Crippen LogP contribution in [0.15, 0.2) is 29.4 Å². The molecule has 0 saturated heterocycles. The van der Waals surface area contributed by atoms with E-state index < -0.39 is 7.82 Å². The second kappa shape index (κ2) is 7.07. The van der Waals surface area contributed by atoms with E-state index >= 15 is 0 Å². The van der Waals surface area contributed by atoms with Crippen LogP contribution in [0, 0.1) is 0 Å². The second-order valence-electron chi connectivity index (χ2n) is 5.07. The summed E-state index contributed by atoms with van der Waals surface area (Å²) in [6, 6.07) is 7.76. The Morgan fingerprint density at radius 3 is 2.81 bits per heavy atom. The highest BCUT2D eigenvalue weighted by Gasteiger charge is 2.23. The number of oxime groups is 1. The van der Waals surface area contributed by atoms with Crippen LogP contribution in [0.2, 0.25) is 0 Å². The Balaban J connectivity index is 2.18. The first-order valence-corrected chi connectivity index (χ1v) is 8.70. The van der Waals surface area contributed by atoms with Crippen LogP contribution in [0.5, 0.6) is 0 Å². The van der Waals surface area contributed by atoms with Crippen molar-refractivity contribution in [2.75, 3.05) is 18.0 Å². The third-order valence-electron chi connectivity index (χ3n) is 3.46. The minimum absolute atomic E-state index is 0.584. The summed E-state index contributed by atoms with van der Waals surface area (Å²) < 4.78 is 15.1. The molecular formula is C14H21N2O4P. The van der Waals surface area contributed by atoms with Gasteiger partial charge in [0.2, 0.25) is 0 Å². The van der Waals surface area contributed by atoms with E-state index in [4.69, 9.17) is 9.79 Å². The Morgan fingerprint density at radius 1 is 1.33 bits per heavy atom. The van der Waals surface area contributed by atoms with Gasteiger partial charge in [0, 0.05) is 30.8 Å². The standard InChI is InChI=1S/C14H21N2O4P/c1-2-3-6-10-16-11-9-13(15-20-21(17,18)19)12-7-4-5-8-14(12)16/h4-5,7-8H,2-3,6,9-11H2,1H3,(H2,17,18,19). The van der Waals surface area contributed by atoms with Crippen LogP contribution < -0.4 is 4.90 Å². The maximum Gasteiger partial charge on any atom is 0.545 e. The highest BCUT2D eigenvalue weighted by molar-refractivity contribution is 7.46. The first-order valence-electron chi connectivity index (χ1n) is 7.17. The molecule has 0 spiro atoms. The maximum absolute atomic E-state index is 10.8. The van der Waals surface area contributed by atoms with E-state index in [0.717, 1.165) is 30.8 Å². The Morgan fingerprint density at radius 2 is 2.10 bits per heavy atom. The van der Waals surface area contributed by atoms with Gasteiger partial charge in [-0.1, -0.05) is 43.1 Å². The van der Waals surface area contributed by atoms with Crippen LogP contribution in [0.3, 0.4) is 0 Å². The molecule has 1 aliphatic rings. The second-order valence-corrected chi connectivity index (χ2v) is 6.22. The lowest BCUT2D eigenvalue weighted by atomic mass is 9.99. The van der Waals surface area contributed by atoms with Crippen molar-refractivity contribution in [1.82, 2.24) is 0 Å². The summed E-state index contributed by atoms with van der Waals surface area (Å²) >= 11 is 0. The fourth-order valence-electron chi connectivity index (χ4n) is 2.47. The zero-order valence-electron chi connectivity index (χ0n) is 12.1. The van der Waals surface area contributed by atoms with E-state index in [-0.39, 0.29) is 0 Å². The number of fused-ring (bicyclic) bond motifs is 1. The molecule has 0 amide bonds. The molecule has 116 valence electrons. The average molecular weight is 312 g/mol. The summed E-state index contributed by atoms with van der Waals surface area (Å²) in [7, 11) is -4.58. The van der Waals surface area contributed by atoms with Crippen molar-refractivity contribution < 1.29 is 19.0 Å². The predicted octanol–water partition coefficient (Wildman–Crippen LogP) is 2.90. The minimum Gasteiger partial charge on any atom is -0.371 e. The molecule has 6 nitrogen and oxygen atoms in total. The lowest BCUT2D eigenvalue weighted by Crippen LogP contribution is -2.33. The number of hydrogen-bond donors (Lipinski definition) is 2. The fraction of sp³-hybridized carbons (Fsp3) is 0.500. The topological polar surface area (TPSA) is 82.4 Å². The van der Waals surface area contributed by atoms with Gasteiger partial charge in [0.25, 0.3) is 0 Å². The van der Waals surface area contributed by atoms with E-state index in [1.807, 2.05) is 24.3 Å². The van der Waals surface area contributed by atoms with Crippen molar-refractivity contribution in [3.05, 3.63) is 29.8 Å². The third-order valence-corrected chi connectivity index (χ3v) is 3.76. The van der Waals surface area contributed by atoms with Gasteiger partial charge < -0.3 is 4.90 Å². The molecule has 0 aliphatic carbocycles. The van der Waals surface area contributed by atoms with Crippen LogP contribution in [0.1, 0.15) is 38.2 Å². The summed E-state index contributed by atoms with van der Waals surface area (Å²) in [5.41, 5.74) is 2.52. The Hall–Kier alpha value is -1.36. The zero-order valence-corrected chi connectivity index (χ0v) is 13.0. The molecule has 0 unspecified atom stereocenters. The molecule has 1 aromatic rings. The molecule has 0 fully saturated rings. The number of unbranched alkanes of at least 4 members (excludes halogenated alkanes) is 2. The average Bonchev–Trinajstić information content (AvgIpc) is 2.45. The number of nitrogens with zero attached hydrogens (tertiary/aromatic N) is 2. The summed E-state index contributed by atoms with van der Waals surface area (Å²) in [6.07, 6.45) is 4.12. The van der Waals surface area contributed by atoms with Gasteiger partial charge in [0.15, 0.2) is 0 Å². The van der Waals surface area contributed by atoms with E-state index in [2.05, 4.69) is 21.6 Å². The monoisotopic (exact) mass is 312 g/mol. The minimum atomic E-state index is -4.58. The van der Waals surface area contributed by atoms with Crippen molar-refractivity contribution in [2.45, 2.75) is 32.6 Å². The quantitative estimate of drug-likeness (QED) is 0.479. The number of para-hydroxylation sites is 1. The molecule has 2 rings (SSSR count). The number of hydrogen-bond acceptors (Lipinski definition) is 4. The summed E-state index contributed by atoms with van der Waals surface area (Å²) in [5, 5.41) is 3.65. The normalized spacial score (nSPS) is 16.9. The molecule has 0 radical (unpaired) electrons. The summed E-state index contributed by atoms with van der Waals surface area (Å²) in [6.45, 7) is 3.94. The molecule has 1 aliphatic heterocycles. The highest BCUT2D eigenvalue weighted by atomic mass is 31.2. The lowest BCUT2D eigenvalue weighted by molar-refractivity contribution is 0.204. The van der Waals surface area contributed by atoms with Crippen molar-refractivity contribution in [1.29, 1.82) is 0 Å². The zero-order chi connectivity index (χ0) is 15.3. The number of rotatable bonds is 6. The predicted molar refractivity (Wildman–Crippen MR) is 82.5 cm³/mol. The lowest BCUT2D eigenvalue weighted by Gasteiger charge is -2.31. The third kappa shape index (κ3) is 4.56. The molecule has 2 N–H and O–H groups in total. The molecule has 0 bridgehead atoms. The summed E-state index contributed by atoms with van der Waals surface area (Å²) in [4.78, 5) is 19.8. The van der Waals surface area contributed by atoms with E-state index in [1.54, 1.807) is 0 Å². The van der Waals surface area contributed by atoms with Crippen LogP contribution >= 0.6 is 7.82 Å². The molecular weight excluding hydrogens is 291 g/mol. The molecule has 21 heavy (non-hydrogen) atoms. The Kier molecular flexibility index (Phi) is 5.39. The van der Waals surface area contributed by atoms with Gasteiger partial charge in [0.05, 0.1) is 5.71 Å². The Bertz CT molecular complexity index is 556. The Labute approximate surface area is 124 Å². The maximum atomic E-state index is 10.8. The first-order chi connectivity index (χ1) is 10.0. The number of anilines is 1. The highest BCUT2D eigenvalue weighted by Crippen LogP contribution is 2.37.